The fourth-order valence-corrected chi connectivity index (χ4v) is 1.73. The minimum Gasteiger partial charge on any atom is -0.480 e. The second kappa shape index (κ2) is 7.57. The molecule has 3 amide bonds. The van der Waals surface area contributed by atoms with Gasteiger partial charge in [-0.3, -0.25) is 4.79 Å². The minimum absolute atomic E-state index is 0.0159. The van der Waals surface area contributed by atoms with Gasteiger partial charge in [0.05, 0.1) is 6.61 Å². The van der Waals surface area contributed by atoms with E-state index >= 15 is 0 Å². The summed E-state index contributed by atoms with van der Waals surface area (Å²) in [5.41, 5.74) is 0. The SMILES string of the molecule is CC(=O)N1CCN(C(=O)NCCOCC(=O)O)CC1. The Morgan fingerprint density at radius 1 is 1.16 bits per heavy atom. The second-order valence-electron chi connectivity index (χ2n) is 4.17. The van der Waals surface area contributed by atoms with E-state index in [4.69, 9.17) is 9.84 Å². The molecule has 0 bridgehead atoms. The van der Waals surface area contributed by atoms with Crippen molar-refractivity contribution in [2.75, 3.05) is 45.9 Å². The van der Waals surface area contributed by atoms with Gasteiger partial charge in [0.2, 0.25) is 5.91 Å². The van der Waals surface area contributed by atoms with Gasteiger partial charge in [-0.2, -0.15) is 0 Å². The van der Waals surface area contributed by atoms with Crippen LogP contribution in [0.25, 0.3) is 0 Å². The molecule has 1 rings (SSSR count). The lowest BCUT2D eigenvalue weighted by Crippen LogP contribution is -2.53. The minimum atomic E-state index is -1.04. The predicted molar refractivity (Wildman–Crippen MR) is 65.7 cm³/mol. The summed E-state index contributed by atoms with van der Waals surface area (Å²) in [5, 5.41) is 11.0. The molecule has 1 heterocycles. The fourth-order valence-electron chi connectivity index (χ4n) is 1.73. The standard InChI is InChI=1S/C11H19N3O5/c1-9(15)13-3-5-14(6-4-13)11(18)12-2-7-19-8-10(16)17/h2-8H2,1H3,(H,12,18)(H,16,17). The van der Waals surface area contributed by atoms with Gasteiger partial charge in [-0.1, -0.05) is 0 Å². The summed E-state index contributed by atoms with van der Waals surface area (Å²) in [6.45, 7) is 3.65. The first-order valence-corrected chi connectivity index (χ1v) is 6.08. The highest BCUT2D eigenvalue weighted by atomic mass is 16.5. The van der Waals surface area contributed by atoms with Gasteiger partial charge in [0.25, 0.3) is 0 Å². The molecule has 0 aromatic heterocycles. The van der Waals surface area contributed by atoms with Crippen molar-refractivity contribution >= 4 is 17.9 Å². The van der Waals surface area contributed by atoms with Gasteiger partial charge in [0.1, 0.15) is 6.61 Å². The second-order valence-corrected chi connectivity index (χ2v) is 4.17. The van der Waals surface area contributed by atoms with Crippen LogP contribution in [0.5, 0.6) is 0 Å². The summed E-state index contributed by atoms with van der Waals surface area (Å²) in [5.74, 6) is -1.02. The summed E-state index contributed by atoms with van der Waals surface area (Å²) in [4.78, 5) is 36.3. The zero-order chi connectivity index (χ0) is 14.3. The maximum absolute atomic E-state index is 11.7. The van der Waals surface area contributed by atoms with Gasteiger partial charge >= 0.3 is 12.0 Å². The lowest BCUT2D eigenvalue weighted by Gasteiger charge is -2.34. The smallest absolute Gasteiger partial charge is 0.329 e. The molecule has 0 spiro atoms. The third-order valence-electron chi connectivity index (χ3n) is 2.76. The molecule has 0 saturated carbocycles. The number of ether oxygens (including phenoxy) is 1. The number of aliphatic carboxylic acids is 1. The zero-order valence-corrected chi connectivity index (χ0v) is 10.9. The van der Waals surface area contributed by atoms with Crippen molar-refractivity contribution in [2.24, 2.45) is 0 Å². The average molecular weight is 273 g/mol. The van der Waals surface area contributed by atoms with E-state index in [-0.39, 0.29) is 31.7 Å². The third-order valence-corrected chi connectivity index (χ3v) is 2.76. The number of urea groups is 1. The van der Waals surface area contributed by atoms with Gasteiger partial charge in [-0.15, -0.1) is 0 Å². The lowest BCUT2D eigenvalue weighted by molar-refractivity contribution is -0.142. The normalized spacial score (nSPS) is 15.2. The number of carbonyl (C=O) groups is 3. The predicted octanol–water partition coefficient (Wildman–Crippen LogP) is -1.04. The molecule has 108 valence electrons. The van der Waals surface area contributed by atoms with Crippen molar-refractivity contribution in [3.05, 3.63) is 0 Å². The maximum Gasteiger partial charge on any atom is 0.329 e. The van der Waals surface area contributed by atoms with Crippen molar-refractivity contribution in [3.63, 3.8) is 0 Å². The molecular formula is C11H19N3O5. The summed E-state index contributed by atoms with van der Waals surface area (Å²) in [7, 11) is 0. The van der Waals surface area contributed by atoms with Crippen LogP contribution < -0.4 is 5.32 Å². The molecule has 8 heteroatoms. The van der Waals surface area contributed by atoms with E-state index in [2.05, 4.69) is 5.32 Å². The number of carbonyl (C=O) groups excluding carboxylic acids is 2. The van der Waals surface area contributed by atoms with Crippen LogP contribution in [0, 0.1) is 0 Å². The topological polar surface area (TPSA) is 99.2 Å². The first-order chi connectivity index (χ1) is 9.00. The van der Waals surface area contributed by atoms with E-state index in [0.29, 0.717) is 26.2 Å². The first-order valence-electron chi connectivity index (χ1n) is 6.08. The number of piperazine rings is 1. The van der Waals surface area contributed by atoms with Gasteiger partial charge in [0, 0.05) is 39.6 Å². The summed E-state index contributed by atoms with van der Waals surface area (Å²) >= 11 is 0. The molecule has 19 heavy (non-hydrogen) atoms. The zero-order valence-electron chi connectivity index (χ0n) is 10.9. The van der Waals surface area contributed by atoms with Gasteiger partial charge < -0.3 is 25.0 Å². The van der Waals surface area contributed by atoms with E-state index < -0.39 is 5.97 Å². The average Bonchev–Trinajstić information content (AvgIpc) is 2.37. The van der Waals surface area contributed by atoms with Crippen LogP contribution in [0.3, 0.4) is 0 Å². The van der Waals surface area contributed by atoms with E-state index in [9.17, 15) is 14.4 Å². The van der Waals surface area contributed by atoms with Gasteiger partial charge in [-0.05, 0) is 0 Å². The summed E-state index contributed by atoms with van der Waals surface area (Å²) in [6, 6.07) is -0.220. The Hall–Kier alpha value is -1.83. The van der Waals surface area contributed by atoms with Gasteiger partial charge in [-0.25, -0.2) is 9.59 Å². The molecule has 1 saturated heterocycles. The molecule has 0 radical (unpaired) electrons. The molecule has 1 aliphatic rings. The van der Waals surface area contributed by atoms with E-state index in [1.54, 1.807) is 9.80 Å². The number of hydrogen-bond acceptors (Lipinski definition) is 4. The van der Waals surface area contributed by atoms with E-state index in [1.165, 1.54) is 6.92 Å². The van der Waals surface area contributed by atoms with Gasteiger partial charge in [0.15, 0.2) is 0 Å². The summed E-state index contributed by atoms with van der Waals surface area (Å²) in [6.07, 6.45) is 0. The Morgan fingerprint density at radius 2 is 1.74 bits per heavy atom. The molecule has 8 nitrogen and oxygen atoms in total. The van der Waals surface area contributed by atoms with Crippen molar-refractivity contribution in [1.29, 1.82) is 0 Å². The number of carboxylic acids is 1. The maximum atomic E-state index is 11.7. The van der Waals surface area contributed by atoms with E-state index in [0.717, 1.165) is 0 Å². The Morgan fingerprint density at radius 3 is 2.26 bits per heavy atom. The van der Waals surface area contributed by atoms with Crippen molar-refractivity contribution in [3.8, 4) is 0 Å². The largest absolute Gasteiger partial charge is 0.480 e. The quantitative estimate of drug-likeness (QED) is 0.623. The van der Waals surface area contributed by atoms with Crippen molar-refractivity contribution < 1.29 is 24.2 Å². The van der Waals surface area contributed by atoms with Crippen LogP contribution in [0.1, 0.15) is 6.92 Å². The molecule has 0 aliphatic carbocycles. The third kappa shape index (κ3) is 5.56. The van der Waals surface area contributed by atoms with Crippen molar-refractivity contribution in [1.82, 2.24) is 15.1 Å². The molecule has 0 aromatic rings. The molecular weight excluding hydrogens is 254 g/mol. The number of amides is 3. The molecule has 1 aliphatic heterocycles. The number of hydrogen-bond donors (Lipinski definition) is 2. The number of nitrogens with zero attached hydrogens (tertiary/aromatic N) is 2. The molecule has 1 fully saturated rings. The molecule has 0 atom stereocenters. The number of carboxylic acid groups (broad SMARTS) is 1. The molecule has 0 unspecified atom stereocenters. The number of rotatable bonds is 5. The summed E-state index contributed by atoms with van der Waals surface area (Å²) < 4.78 is 4.80. The van der Waals surface area contributed by atoms with Crippen LogP contribution in [-0.2, 0) is 14.3 Å². The fraction of sp³-hybridized carbons (Fsp3) is 0.727. The first kappa shape index (κ1) is 15.2. The monoisotopic (exact) mass is 273 g/mol. The van der Waals surface area contributed by atoms with Crippen LogP contribution in [-0.4, -0.2) is 78.8 Å². The van der Waals surface area contributed by atoms with Crippen molar-refractivity contribution in [2.45, 2.75) is 6.92 Å². The lowest BCUT2D eigenvalue weighted by atomic mass is 10.3. The Balaban J connectivity index is 2.14. The van der Waals surface area contributed by atoms with E-state index in [1.807, 2.05) is 0 Å². The molecule has 0 aromatic carbocycles. The highest BCUT2D eigenvalue weighted by Crippen LogP contribution is 2.01. The van der Waals surface area contributed by atoms with Crippen LogP contribution >= 0.6 is 0 Å². The Kier molecular flexibility index (Phi) is 6.07. The highest BCUT2D eigenvalue weighted by molar-refractivity contribution is 5.76. The highest BCUT2D eigenvalue weighted by Gasteiger charge is 2.21. The van der Waals surface area contributed by atoms with Crippen LogP contribution in [0.4, 0.5) is 4.79 Å². The Bertz CT molecular complexity index is 339. The van der Waals surface area contributed by atoms with Crippen LogP contribution in [0.15, 0.2) is 0 Å². The Labute approximate surface area is 111 Å². The molecule has 2 N–H and O–H groups in total. The number of nitrogens with one attached hydrogen (secondary N) is 1. The van der Waals surface area contributed by atoms with Crippen LogP contribution in [0.2, 0.25) is 0 Å².